The quantitative estimate of drug-likeness (QED) is 0.618. The summed E-state index contributed by atoms with van der Waals surface area (Å²) in [6.45, 7) is 6.86. The van der Waals surface area contributed by atoms with Gasteiger partial charge in [-0.2, -0.15) is 0 Å². The number of para-hydroxylation sites is 1. The van der Waals surface area contributed by atoms with Crippen molar-refractivity contribution in [2.75, 3.05) is 32.0 Å². The highest BCUT2D eigenvalue weighted by atomic mass is 15.1. The molecule has 2 heterocycles. The normalized spacial score (nSPS) is 15.1. The highest BCUT2D eigenvalue weighted by Crippen LogP contribution is 2.18. The number of likely N-dealkylation sites (tertiary alicyclic amines) is 1. The van der Waals surface area contributed by atoms with E-state index < -0.39 is 0 Å². The minimum Gasteiger partial charge on any atom is -0.374 e. The van der Waals surface area contributed by atoms with Crippen LogP contribution in [0, 0.1) is 11.8 Å². The zero-order valence-electron chi connectivity index (χ0n) is 18.0. The number of aromatic nitrogens is 2. The fourth-order valence-electron chi connectivity index (χ4n) is 4.00. The number of piperidine rings is 1. The first-order valence-corrected chi connectivity index (χ1v) is 10.9. The summed E-state index contributed by atoms with van der Waals surface area (Å²) in [5.74, 6) is 7.30. The van der Waals surface area contributed by atoms with Gasteiger partial charge in [0.15, 0.2) is 5.82 Å². The lowest BCUT2D eigenvalue weighted by molar-refractivity contribution is 0.234. The van der Waals surface area contributed by atoms with Crippen LogP contribution >= 0.6 is 0 Å². The maximum absolute atomic E-state index is 4.82. The third kappa shape index (κ3) is 5.02. The Bertz CT molecular complexity index is 1020. The number of nitrogens with one attached hydrogen (secondary N) is 2. The average molecular weight is 402 g/mol. The molecule has 0 bridgehead atoms. The van der Waals surface area contributed by atoms with E-state index in [-0.39, 0.29) is 0 Å². The number of nitrogens with zero attached hydrogens (tertiary/aromatic N) is 3. The van der Waals surface area contributed by atoms with Crippen molar-refractivity contribution in [1.82, 2.24) is 19.8 Å². The summed E-state index contributed by atoms with van der Waals surface area (Å²) in [5, 5.41) is 7.04. The first kappa shape index (κ1) is 20.5. The van der Waals surface area contributed by atoms with E-state index in [0.29, 0.717) is 12.6 Å². The van der Waals surface area contributed by atoms with Crippen LogP contribution in [0.4, 0.5) is 5.69 Å². The maximum atomic E-state index is 4.82. The second kappa shape index (κ2) is 9.80. The largest absolute Gasteiger partial charge is 0.374 e. The second-order valence-corrected chi connectivity index (χ2v) is 7.98. The van der Waals surface area contributed by atoms with Gasteiger partial charge in [-0.25, -0.2) is 4.98 Å². The van der Waals surface area contributed by atoms with E-state index in [1.165, 1.54) is 31.5 Å². The molecule has 0 spiro atoms. The Labute approximate surface area is 179 Å². The predicted molar refractivity (Wildman–Crippen MR) is 125 cm³/mol. The van der Waals surface area contributed by atoms with Crippen molar-refractivity contribution in [3.8, 4) is 11.8 Å². The summed E-state index contributed by atoms with van der Waals surface area (Å²) in [6.07, 6.45) is 2.44. The van der Waals surface area contributed by atoms with Gasteiger partial charge in [-0.05, 0) is 75.7 Å². The van der Waals surface area contributed by atoms with Crippen LogP contribution in [0.1, 0.15) is 31.2 Å². The molecule has 2 N–H and O–H groups in total. The SMILES string of the molecule is CCn1c(C#CCNc2ccccc2)nc2cc(CNC3CCN(C)CC3)ccc21. The predicted octanol–water partition coefficient (Wildman–Crippen LogP) is 3.70. The Kier molecular flexibility index (Phi) is 6.68. The monoisotopic (exact) mass is 401 g/mol. The van der Waals surface area contributed by atoms with Crippen molar-refractivity contribution in [2.24, 2.45) is 0 Å². The molecule has 4 rings (SSSR count). The zero-order chi connectivity index (χ0) is 20.8. The summed E-state index contributed by atoms with van der Waals surface area (Å²) in [6, 6.07) is 17.4. The van der Waals surface area contributed by atoms with Crippen molar-refractivity contribution in [3.05, 3.63) is 59.9 Å². The van der Waals surface area contributed by atoms with Crippen LogP contribution in [-0.2, 0) is 13.1 Å². The Morgan fingerprint density at radius 3 is 2.67 bits per heavy atom. The van der Waals surface area contributed by atoms with Gasteiger partial charge in [0.2, 0.25) is 0 Å². The molecule has 0 saturated carbocycles. The number of rotatable bonds is 6. The molecule has 1 aliphatic heterocycles. The standard InChI is InChI=1S/C25H31N5/c1-3-30-24-12-11-20(19-27-22-13-16-29(2)17-14-22)18-23(24)28-25(30)10-7-15-26-21-8-5-4-6-9-21/h4-6,8-9,11-12,18,22,26-27H,3,13-17,19H2,1-2H3. The molecule has 1 saturated heterocycles. The Balaban J connectivity index is 1.42. The number of imidazole rings is 1. The van der Waals surface area contributed by atoms with E-state index in [4.69, 9.17) is 4.98 Å². The molecule has 1 fully saturated rings. The topological polar surface area (TPSA) is 45.1 Å². The molecule has 5 heteroatoms. The molecule has 3 aromatic rings. The third-order valence-corrected chi connectivity index (χ3v) is 5.80. The van der Waals surface area contributed by atoms with Crippen molar-refractivity contribution in [2.45, 2.75) is 38.9 Å². The van der Waals surface area contributed by atoms with Gasteiger partial charge in [-0.3, -0.25) is 0 Å². The molecule has 30 heavy (non-hydrogen) atoms. The van der Waals surface area contributed by atoms with Crippen LogP contribution in [0.25, 0.3) is 11.0 Å². The third-order valence-electron chi connectivity index (χ3n) is 5.80. The van der Waals surface area contributed by atoms with E-state index in [9.17, 15) is 0 Å². The van der Waals surface area contributed by atoms with Crippen LogP contribution in [0.5, 0.6) is 0 Å². The molecule has 0 amide bonds. The zero-order valence-corrected chi connectivity index (χ0v) is 18.0. The lowest BCUT2D eigenvalue weighted by Gasteiger charge is -2.29. The van der Waals surface area contributed by atoms with Crippen molar-refractivity contribution in [1.29, 1.82) is 0 Å². The minimum atomic E-state index is 0.600. The molecule has 1 aromatic heterocycles. The minimum absolute atomic E-state index is 0.600. The molecular formula is C25H31N5. The maximum Gasteiger partial charge on any atom is 0.186 e. The molecule has 1 aliphatic rings. The summed E-state index contributed by atoms with van der Waals surface area (Å²) >= 11 is 0. The fraction of sp³-hybridized carbons (Fsp3) is 0.400. The molecule has 0 unspecified atom stereocenters. The van der Waals surface area contributed by atoms with E-state index in [0.717, 1.165) is 35.6 Å². The van der Waals surface area contributed by atoms with Gasteiger partial charge in [0.1, 0.15) is 0 Å². The molecule has 0 aliphatic carbocycles. The van der Waals surface area contributed by atoms with Gasteiger partial charge in [0, 0.05) is 24.8 Å². The van der Waals surface area contributed by atoms with E-state index in [2.05, 4.69) is 64.1 Å². The van der Waals surface area contributed by atoms with Gasteiger partial charge in [0.05, 0.1) is 17.6 Å². The Hall–Kier alpha value is -2.81. The molecule has 0 atom stereocenters. The highest BCUT2D eigenvalue weighted by molar-refractivity contribution is 5.77. The van der Waals surface area contributed by atoms with Gasteiger partial charge in [-0.1, -0.05) is 30.2 Å². The number of anilines is 1. The Morgan fingerprint density at radius 2 is 1.90 bits per heavy atom. The van der Waals surface area contributed by atoms with Gasteiger partial charge < -0.3 is 20.1 Å². The van der Waals surface area contributed by atoms with Crippen LogP contribution < -0.4 is 10.6 Å². The number of benzene rings is 2. The lowest BCUT2D eigenvalue weighted by Crippen LogP contribution is -2.40. The van der Waals surface area contributed by atoms with Gasteiger partial charge in [0.25, 0.3) is 0 Å². The van der Waals surface area contributed by atoms with Crippen LogP contribution in [0.3, 0.4) is 0 Å². The molecule has 5 nitrogen and oxygen atoms in total. The molecule has 2 aromatic carbocycles. The number of hydrogen-bond donors (Lipinski definition) is 2. The summed E-state index contributed by atoms with van der Waals surface area (Å²) in [7, 11) is 2.20. The van der Waals surface area contributed by atoms with Crippen LogP contribution in [0.2, 0.25) is 0 Å². The van der Waals surface area contributed by atoms with Crippen molar-refractivity contribution < 1.29 is 0 Å². The highest BCUT2D eigenvalue weighted by Gasteiger charge is 2.16. The summed E-state index contributed by atoms with van der Waals surface area (Å²) in [5.41, 5.74) is 4.55. The first-order chi connectivity index (χ1) is 14.7. The van der Waals surface area contributed by atoms with Crippen molar-refractivity contribution in [3.63, 3.8) is 0 Å². The van der Waals surface area contributed by atoms with E-state index >= 15 is 0 Å². The van der Waals surface area contributed by atoms with Gasteiger partial charge in [-0.15, -0.1) is 0 Å². The van der Waals surface area contributed by atoms with Crippen LogP contribution in [-0.4, -0.2) is 47.2 Å². The van der Waals surface area contributed by atoms with Crippen molar-refractivity contribution >= 4 is 16.7 Å². The van der Waals surface area contributed by atoms with Crippen LogP contribution in [0.15, 0.2) is 48.5 Å². The van der Waals surface area contributed by atoms with E-state index in [1.807, 2.05) is 30.3 Å². The number of fused-ring (bicyclic) bond motifs is 1. The van der Waals surface area contributed by atoms with Gasteiger partial charge >= 0.3 is 0 Å². The molecule has 156 valence electrons. The lowest BCUT2D eigenvalue weighted by atomic mass is 10.1. The second-order valence-electron chi connectivity index (χ2n) is 7.98. The summed E-state index contributed by atoms with van der Waals surface area (Å²) in [4.78, 5) is 7.22. The molecular weight excluding hydrogens is 370 g/mol. The molecule has 0 radical (unpaired) electrons. The Morgan fingerprint density at radius 1 is 1.10 bits per heavy atom. The number of aryl methyl sites for hydroxylation is 1. The fourth-order valence-corrected chi connectivity index (χ4v) is 4.00. The average Bonchev–Trinajstić information content (AvgIpc) is 3.13. The summed E-state index contributed by atoms with van der Waals surface area (Å²) < 4.78 is 2.19. The first-order valence-electron chi connectivity index (χ1n) is 10.9. The number of hydrogen-bond acceptors (Lipinski definition) is 4. The van der Waals surface area contributed by atoms with E-state index in [1.54, 1.807) is 0 Å². The smallest absolute Gasteiger partial charge is 0.186 e.